The SMILES string of the molecule is CCC1Oc2ccc(C(N)C(C)C)cc2N(CCN(C)C)C1=O. The zero-order valence-electron chi connectivity index (χ0n) is 14.9. The maximum absolute atomic E-state index is 12.7. The van der Waals surface area contributed by atoms with E-state index >= 15 is 0 Å². The van der Waals surface area contributed by atoms with Gasteiger partial charge in [-0.2, -0.15) is 0 Å². The second kappa shape index (κ2) is 7.32. The minimum atomic E-state index is -0.394. The van der Waals surface area contributed by atoms with E-state index in [0.29, 0.717) is 18.9 Å². The van der Waals surface area contributed by atoms with Gasteiger partial charge in [0, 0.05) is 19.1 Å². The number of hydrogen-bond donors (Lipinski definition) is 1. The Morgan fingerprint density at radius 3 is 2.61 bits per heavy atom. The molecule has 2 rings (SSSR count). The van der Waals surface area contributed by atoms with E-state index in [1.807, 2.05) is 44.1 Å². The second-order valence-electron chi connectivity index (χ2n) is 6.80. The molecule has 0 spiro atoms. The van der Waals surface area contributed by atoms with Gasteiger partial charge in [0.2, 0.25) is 0 Å². The van der Waals surface area contributed by atoms with Gasteiger partial charge in [0.05, 0.1) is 5.69 Å². The van der Waals surface area contributed by atoms with Gasteiger partial charge in [-0.25, -0.2) is 0 Å². The lowest BCUT2D eigenvalue weighted by Gasteiger charge is -2.35. The lowest BCUT2D eigenvalue weighted by molar-refractivity contribution is -0.126. The molecule has 0 aromatic heterocycles. The van der Waals surface area contributed by atoms with Crippen molar-refractivity contribution in [2.75, 3.05) is 32.1 Å². The molecule has 23 heavy (non-hydrogen) atoms. The fourth-order valence-electron chi connectivity index (χ4n) is 2.72. The number of nitrogens with two attached hydrogens (primary N) is 1. The van der Waals surface area contributed by atoms with Crippen molar-refractivity contribution < 1.29 is 9.53 Å². The van der Waals surface area contributed by atoms with Gasteiger partial charge in [0.15, 0.2) is 6.10 Å². The van der Waals surface area contributed by atoms with E-state index in [-0.39, 0.29) is 11.9 Å². The highest BCUT2D eigenvalue weighted by Gasteiger charge is 2.33. The highest BCUT2D eigenvalue weighted by atomic mass is 16.5. The molecule has 0 saturated heterocycles. The maximum Gasteiger partial charge on any atom is 0.268 e. The summed E-state index contributed by atoms with van der Waals surface area (Å²) < 4.78 is 5.88. The third kappa shape index (κ3) is 3.85. The van der Waals surface area contributed by atoms with Crippen molar-refractivity contribution in [3.8, 4) is 5.75 Å². The van der Waals surface area contributed by atoms with E-state index in [4.69, 9.17) is 10.5 Å². The summed E-state index contributed by atoms with van der Waals surface area (Å²) in [5.41, 5.74) is 8.16. The fraction of sp³-hybridized carbons (Fsp3) is 0.611. The van der Waals surface area contributed by atoms with Gasteiger partial charge in [-0.05, 0) is 44.1 Å². The molecule has 0 fully saturated rings. The molecule has 2 N–H and O–H groups in total. The van der Waals surface area contributed by atoms with Crippen LogP contribution in [0.15, 0.2) is 18.2 Å². The number of anilines is 1. The van der Waals surface area contributed by atoms with Crippen molar-refractivity contribution in [1.29, 1.82) is 0 Å². The van der Waals surface area contributed by atoms with Crippen LogP contribution in [0.25, 0.3) is 0 Å². The number of carbonyl (C=O) groups is 1. The van der Waals surface area contributed by atoms with Gasteiger partial charge < -0.3 is 20.3 Å². The molecule has 5 heteroatoms. The molecule has 1 heterocycles. The Kier molecular flexibility index (Phi) is 5.65. The van der Waals surface area contributed by atoms with Crippen molar-refractivity contribution in [3.05, 3.63) is 23.8 Å². The smallest absolute Gasteiger partial charge is 0.268 e. The average Bonchev–Trinajstić information content (AvgIpc) is 2.51. The fourth-order valence-corrected chi connectivity index (χ4v) is 2.72. The van der Waals surface area contributed by atoms with Gasteiger partial charge >= 0.3 is 0 Å². The minimum Gasteiger partial charge on any atom is -0.478 e. The molecule has 1 aromatic rings. The first-order valence-electron chi connectivity index (χ1n) is 8.37. The Morgan fingerprint density at radius 1 is 1.35 bits per heavy atom. The Morgan fingerprint density at radius 2 is 2.04 bits per heavy atom. The zero-order valence-corrected chi connectivity index (χ0v) is 14.9. The van der Waals surface area contributed by atoms with Gasteiger partial charge in [-0.15, -0.1) is 0 Å². The molecule has 1 aliphatic rings. The molecule has 128 valence electrons. The van der Waals surface area contributed by atoms with Crippen LogP contribution in [0.2, 0.25) is 0 Å². The van der Waals surface area contributed by atoms with Crippen LogP contribution in [-0.2, 0) is 4.79 Å². The first kappa shape index (κ1) is 17.8. The molecule has 0 saturated carbocycles. The second-order valence-corrected chi connectivity index (χ2v) is 6.80. The number of likely N-dealkylation sites (N-methyl/N-ethyl adjacent to an activating group) is 1. The van der Waals surface area contributed by atoms with Gasteiger partial charge in [0.25, 0.3) is 5.91 Å². The van der Waals surface area contributed by atoms with Gasteiger partial charge in [-0.3, -0.25) is 4.79 Å². The molecule has 2 unspecified atom stereocenters. The molecule has 0 aliphatic carbocycles. The lowest BCUT2D eigenvalue weighted by Crippen LogP contribution is -2.48. The van der Waals surface area contributed by atoms with Crippen LogP contribution in [0.3, 0.4) is 0 Å². The third-order valence-electron chi connectivity index (χ3n) is 4.33. The number of nitrogens with zero attached hydrogens (tertiary/aromatic N) is 2. The highest BCUT2D eigenvalue weighted by molar-refractivity contribution is 6.00. The maximum atomic E-state index is 12.7. The summed E-state index contributed by atoms with van der Waals surface area (Å²) in [6.07, 6.45) is 0.276. The summed E-state index contributed by atoms with van der Waals surface area (Å²) in [4.78, 5) is 16.6. The lowest BCUT2D eigenvalue weighted by atomic mass is 9.96. The van der Waals surface area contributed by atoms with Crippen molar-refractivity contribution in [1.82, 2.24) is 4.90 Å². The van der Waals surface area contributed by atoms with Gasteiger partial charge in [-0.1, -0.05) is 26.8 Å². The number of hydrogen-bond acceptors (Lipinski definition) is 4. The first-order valence-corrected chi connectivity index (χ1v) is 8.37. The summed E-state index contributed by atoms with van der Waals surface area (Å²) in [6, 6.07) is 5.93. The van der Waals surface area contributed by atoms with E-state index in [1.54, 1.807) is 0 Å². The third-order valence-corrected chi connectivity index (χ3v) is 4.33. The number of ether oxygens (including phenoxy) is 1. The number of amides is 1. The van der Waals surface area contributed by atoms with Crippen LogP contribution in [-0.4, -0.2) is 44.1 Å². The Labute approximate surface area is 139 Å². The number of carbonyl (C=O) groups excluding carboxylic acids is 1. The molecular formula is C18H29N3O2. The summed E-state index contributed by atoms with van der Waals surface area (Å²) in [6.45, 7) is 7.63. The Hall–Kier alpha value is -1.59. The van der Waals surface area contributed by atoms with Crippen LogP contribution in [0.5, 0.6) is 5.75 Å². The molecule has 1 amide bonds. The number of benzene rings is 1. The quantitative estimate of drug-likeness (QED) is 0.875. The van der Waals surface area contributed by atoms with E-state index in [9.17, 15) is 4.79 Å². The molecular weight excluding hydrogens is 290 g/mol. The Balaban J connectivity index is 2.38. The molecule has 0 bridgehead atoms. The van der Waals surface area contributed by atoms with E-state index in [0.717, 1.165) is 23.5 Å². The summed E-state index contributed by atoms with van der Waals surface area (Å²) in [5, 5.41) is 0. The highest BCUT2D eigenvalue weighted by Crippen LogP contribution is 2.37. The minimum absolute atomic E-state index is 0.0390. The van der Waals surface area contributed by atoms with Crippen LogP contribution < -0.4 is 15.4 Å². The number of rotatable bonds is 6. The van der Waals surface area contributed by atoms with Gasteiger partial charge in [0.1, 0.15) is 5.75 Å². The van der Waals surface area contributed by atoms with Crippen molar-refractivity contribution in [2.45, 2.75) is 39.3 Å². The molecule has 0 radical (unpaired) electrons. The van der Waals surface area contributed by atoms with E-state index in [1.165, 1.54) is 0 Å². The summed E-state index contributed by atoms with van der Waals surface area (Å²) in [5.74, 6) is 1.15. The summed E-state index contributed by atoms with van der Waals surface area (Å²) in [7, 11) is 4.02. The van der Waals surface area contributed by atoms with Crippen LogP contribution in [0.1, 0.15) is 38.8 Å². The Bertz CT molecular complexity index is 557. The van der Waals surface area contributed by atoms with Crippen LogP contribution >= 0.6 is 0 Å². The monoisotopic (exact) mass is 319 g/mol. The van der Waals surface area contributed by atoms with Crippen molar-refractivity contribution in [2.24, 2.45) is 11.7 Å². The predicted molar refractivity (Wildman–Crippen MR) is 93.8 cm³/mol. The van der Waals surface area contributed by atoms with E-state index < -0.39 is 6.10 Å². The molecule has 1 aromatic carbocycles. The average molecular weight is 319 g/mol. The molecule has 2 atom stereocenters. The van der Waals surface area contributed by atoms with Crippen molar-refractivity contribution >= 4 is 11.6 Å². The zero-order chi connectivity index (χ0) is 17.1. The standard InChI is InChI=1S/C18H29N3O2/c1-6-15-18(22)21(10-9-20(4)5)14-11-13(17(19)12(2)3)7-8-16(14)23-15/h7-8,11-12,15,17H,6,9-10,19H2,1-5H3. The van der Waals surface area contributed by atoms with Crippen LogP contribution in [0, 0.1) is 5.92 Å². The van der Waals surface area contributed by atoms with Crippen LogP contribution in [0.4, 0.5) is 5.69 Å². The largest absolute Gasteiger partial charge is 0.478 e. The van der Waals surface area contributed by atoms with Crippen molar-refractivity contribution in [3.63, 3.8) is 0 Å². The number of fused-ring (bicyclic) bond motifs is 1. The molecule has 5 nitrogen and oxygen atoms in total. The molecule has 1 aliphatic heterocycles. The normalized spacial score (nSPS) is 19.0. The predicted octanol–water partition coefficient (Wildman–Crippen LogP) is 2.41. The summed E-state index contributed by atoms with van der Waals surface area (Å²) >= 11 is 0. The topological polar surface area (TPSA) is 58.8 Å². The van der Waals surface area contributed by atoms with E-state index in [2.05, 4.69) is 18.7 Å². The first-order chi connectivity index (χ1) is 10.8.